The molecule has 1 heterocycles. The Balaban J connectivity index is 2.29. The van der Waals surface area contributed by atoms with E-state index in [1.54, 1.807) is 5.32 Å². The second-order valence-electron chi connectivity index (χ2n) is 3.85. The van der Waals surface area contributed by atoms with Crippen molar-refractivity contribution in [2.45, 2.75) is 18.8 Å². The number of carboxylic acids is 1. The third-order valence-corrected chi connectivity index (χ3v) is 3.11. The fraction of sp³-hybridized carbons (Fsp3) is 0.500. The first-order chi connectivity index (χ1) is 9.72. The highest BCUT2D eigenvalue weighted by Crippen LogP contribution is 2.21. The Morgan fingerprint density at radius 3 is 2.57 bits per heavy atom. The minimum absolute atomic E-state index is 0.00133. The van der Waals surface area contributed by atoms with Gasteiger partial charge in [0.25, 0.3) is 0 Å². The predicted octanol–water partition coefficient (Wildman–Crippen LogP) is 1.58. The van der Waals surface area contributed by atoms with Gasteiger partial charge in [-0.3, -0.25) is 0 Å². The molecule has 2 amide bonds. The summed E-state index contributed by atoms with van der Waals surface area (Å²) in [7, 11) is 0. The van der Waals surface area contributed by atoms with E-state index in [2.05, 4.69) is 10.3 Å². The molecule has 0 radical (unpaired) electrons. The maximum Gasteiger partial charge on any atom is 0.355 e. The number of carbonyl (C=O) groups excluding carboxylic acids is 1. The van der Waals surface area contributed by atoms with Gasteiger partial charge in [0.1, 0.15) is 0 Å². The second-order valence-corrected chi connectivity index (χ2v) is 4.80. The fourth-order valence-electron chi connectivity index (χ4n) is 1.14. The maximum atomic E-state index is 12.5. The highest BCUT2D eigenvalue weighted by Gasteiger charge is 2.40. The van der Waals surface area contributed by atoms with Crippen LogP contribution in [0.1, 0.15) is 15.5 Å². The van der Waals surface area contributed by atoms with Gasteiger partial charge in [-0.2, -0.15) is 8.78 Å². The summed E-state index contributed by atoms with van der Waals surface area (Å²) in [6.07, 6.45) is -3.67. The number of rotatable bonds is 7. The van der Waals surface area contributed by atoms with Gasteiger partial charge in [-0.05, 0) is 0 Å². The first-order valence-electron chi connectivity index (χ1n) is 5.57. The summed E-state index contributed by atoms with van der Waals surface area (Å²) < 4.78 is 48.7. The topological polar surface area (TPSA) is 91.3 Å². The number of nitrogens with zero attached hydrogens (tertiary/aromatic N) is 1. The molecular formula is C10H11F4N3O3S. The molecular weight excluding hydrogens is 318 g/mol. The number of amides is 2. The van der Waals surface area contributed by atoms with Crippen molar-refractivity contribution >= 4 is 23.3 Å². The van der Waals surface area contributed by atoms with E-state index in [-0.39, 0.29) is 18.7 Å². The van der Waals surface area contributed by atoms with Gasteiger partial charge in [0.2, 0.25) is 0 Å². The van der Waals surface area contributed by atoms with Crippen LogP contribution < -0.4 is 10.6 Å². The summed E-state index contributed by atoms with van der Waals surface area (Å²) in [4.78, 5) is 25.4. The number of hydrogen-bond donors (Lipinski definition) is 3. The Labute approximate surface area is 120 Å². The first kappa shape index (κ1) is 17.1. The number of aromatic nitrogens is 1. The standard InChI is InChI=1S/C10H11F4N3O3S/c11-8(12)10(13,14)4-16-9(20)15-2-1-6-17-5(3-21-6)7(18)19/h3,8H,1-2,4H2,(H,18,19)(H2,15,16,20). The Hall–Kier alpha value is -1.91. The van der Waals surface area contributed by atoms with Crippen molar-refractivity contribution in [1.29, 1.82) is 0 Å². The van der Waals surface area contributed by atoms with E-state index >= 15 is 0 Å². The molecule has 1 aromatic heterocycles. The molecule has 11 heteroatoms. The van der Waals surface area contributed by atoms with E-state index in [0.717, 1.165) is 11.3 Å². The molecule has 21 heavy (non-hydrogen) atoms. The molecule has 0 saturated heterocycles. The van der Waals surface area contributed by atoms with E-state index in [0.29, 0.717) is 5.01 Å². The van der Waals surface area contributed by atoms with Crippen LogP contribution in [0, 0.1) is 0 Å². The van der Waals surface area contributed by atoms with Crippen molar-refractivity contribution < 1.29 is 32.3 Å². The molecule has 0 unspecified atom stereocenters. The molecule has 3 N–H and O–H groups in total. The molecule has 6 nitrogen and oxygen atoms in total. The summed E-state index contributed by atoms with van der Waals surface area (Å²) in [5.41, 5.74) is -0.129. The van der Waals surface area contributed by atoms with E-state index in [9.17, 15) is 27.2 Å². The van der Waals surface area contributed by atoms with Crippen LogP contribution >= 0.6 is 11.3 Å². The quantitative estimate of drug-likeness (QED) is 0.663. The van der Waals surface area contributed by atoms with Crippen LogP contribution in [0.4, 0.5) is 22.4 Å². The molecule has 0 fully saturated rings. The van der Waals surface area contributed by atoms with Crippen molar-refractivity contribution in [3.8, 4) is 0 Å². The van der Waals surface area contributed by atoms with Gasteiger partial charge in [-0.25, -0.2) is 23.4 Å². The van der Waals surface area contributed by atoms with Crippen LogP contribution in [0.5, 0.6) is 0 Å². The zero-order valence-corrected chi connectivity index (χ0v) is 11.2. The largest absolute Gasteiger partial charge is 0.476 e. The molecule has 0 bridgehead atoms. The minimum atomic E-state index is -4.29. The number of aromatic carboxylic acids is 1. The van der Waals surface area contributed by atoms with Gasteiger partial charge < -0.3 is 15.7 Å². The summed E-state index contributed by atoms with van der Waals surface area (Å²) in [6.45, 7) is -1.48. The lowest BCUT2D eigenvalue weighted by molar-refractivity contribution is -0.123. The highest BCUT2D eigenvalue weighted by atomic mass is 32.1. The lowest BCUT2D eigenvalue weighted by Crippen LogP contribution is -2.45. The van der Waals surface area contributed by atoms with Gasteiger partial charge in [-0.1, -0.05) is 0 Å². The zero-order valence-electron chi connectivity index (χ0n) is 10.4. The van der Waals surface area contributed by atoms with Crippen molar-refractivity contribution in [1.82, 2.24) is 15.6 Å². The maximum absolute atomic E-state index is 12.5. The van der Waals surface area contributed by atoms with E-state index in [1.165, 1.54) is 5.38 Å². The van der Waals surface area contributed by atoms with Crippen molar-refractivity contribution in [2.24, 2.45) is 0 Å². The molecule has 0 atom stereocenters. The molecule has 0 aliphatic heterocycles. The lowest BCUT2D eigenvalue weighted by Gasteiger charge is -2.15. The molecule has 1 rings (SSSR count). The van der Waals surface area contributed by atoms with Crippen LogP contribution in [0.15, 0.2) is 5.38 Å². The SMILES string of the molecule is O=C(NCCc1nc(C(=O)O)cs1)NCC(F)(F)C(F)F. The number of carboxylic acid groups (broad SMARTS) is 1. The summed E-state index contributed by atoms with van der Waals surface area (Å²) >= 11 is 1.07. The number of urea groups is 1. The Bertz CT molecular complexity index is 509. The molecule has 118 valence electrons. The van der Waals surface area contributed by atoms with Gasteiger partial charge in [-0.15, -0.1) is 11.3 Å². The monoisotopic (exact) mass is 329 g/mol. The third kappa shape index (κ3) is 5.53. The highest BCUT2D eigenvalue weighted by molar-refractivity contribution is 7.09. The fourth-order valence-corrected chi connectivity index (χ4v) is 1.92. The zero-order chi connectivity index (χ0) is 16.0. The first-order valence-corrected chi connectivity index (χ1v) is 6.45. The number of halogens is 4. The lowest BCUT2D eigenvalue weighted by atomic mass is 10.3. The Morgan fingerprint density at radius 2 is 2.05 bits per heavy atom. The number of thiazole rings is 1. The number of hydrogen-bond acceptors (Lipinski definition) is 4. The van der Waals surface area contributed by atoms with Crippen LogP contribution in [-0.2, 0) is 6.42 Å². The summed E-state index contributed by atoms with van der Waals surface area (Å²) in [5.74, 6) is -5.47. The minimum Gasteiger partial charge on any atom is -0.476 e. The van der Waals surface area contributed by atoms with Crippen molar-refractivity contribution in [3.05, 3.63) is 16.1 Å². The van der Waals surface area contributed by atoms with Crippen LogP contribution in [0.2, 0.25) is 0 Å². The molecule has 0 saturated carbocycles. The van der Waals surface area contributed by atoms with Gasteiger partial charge >= 0.3 is 24.3 Å². The predicted molar refractivity (Wildman–Crippen MR) is 65.1 cm³/mol. The number of alkyl halides is 4. The molecule has 0 aliphatic rings. The van der Waals surface area contributed by atoms with E-state index < -0.39 is 30.9 Å². The molecule has 0 aromatic carbocycles. The van der Waals surface area contributed by atoms with E-state index in [4.69, 9.17) is 5.11 Å². The Kier molecular flexibility index (Phi) is 5.88. The summed E-state index contributed by atoms with van der Waals surface area (Å²) in [5, 5.41) is 14.2. The average molecular weight is 329 g/mol. The smallest absolute Gasteiger partial charge is 0.355 e. The summed E-state index contributed by atoms with van der Waals surface area (Å²) in [6, 6.07) is -1.02. The molecule has 0 spiro atoms. The van der Waals surface area contributed by atoms with Crippen molar-refractivity contribution in [3.63, 3.8) is 0 Å². The number of carbonyl (C=O) groups is 2. The Morgan fingerprint density at radius 1 is 1.38 bits per heavy atom. The van der Waals surface area contributed by atoms with Gasteiger partial charge in [0, 0.05) is 18.3 Å². The van der Waals surface area contributed by atoms with Crippen LogP contribution in [0.25, 0.3) is 0 Å². The number of nitrogens with one attached hydrogen (secondary N) is 2. The van der Waals surface area contributed by atoms with Crippen LogP contribution in [0.3, 0.4) is 0 Å². The average Bonchev–Trinajstić information content (AvgIpc) is 2.85. The van der Waals surface area contributed by atoms with Gasteiger partial charge in [0.05, 0.1) is 11.6 Å². The van der Waals surface area contributed by atoms with E-state index in [1.807, 2.05) is 0 Å². The third-order valence-electron chi connectivity index (χ3n) is 2.20. The van der Waals surface area contributed by atoms with Gasteiger partial charge in [0.15, 0.2) is 5.69 Å². The normalized spacial score (nSPS) is 11.5. The molecule has 0 aliphatic carbocycles. The second kappa shape index (κ2) is 7.20. The van der Waals surface area contributed by atoms with Crippen LogP contribution in [-0.4, -0.2) is 47.5 Å². The molecule has 1 aromatic rings. The van der Waals surface area contributed by atoms with Crippen molar-refractivity contribution in [2.75, 3.05) is 13.1 Å².